The number of sulfonamides is 1. The van der Waals surface area contributed by atoms with E-state index in [1.54, 1.807) is 24.3 Å². The van der Waals surface area contributed by atoms with Gasteiger partial charge >= 0.3 is 0 Å². The minimum Gasteiger partial charge on any atom is -0.364 e. The average molecular weight is 383 g/mol. The van der Waals surface area contributed by atoms with Crippen LogP contribution in [0.1, 0.15) is 26.7 Å². The molecule has 8 heteroatoms. The molecule has 1 aromatic rings. The van der Waals surface area contributed by atoms with Gasteiger partial charge in [0, 0.05) is 18.8 Å². The quantitative estimate of drug-likeness (QED) is 0.757. The second kappa shape index (κ2) is 8.04. The zero-order chi connectivity index (χ0) is 18.7. The van der Waals surface area contributed by atoms with Gasteiger partial charge in [-0.1, -0.05) is 6.07 Å². The van der Waals surface area contributed by atoms with Gasteiger partial charge in [-0.2, -0.15) is 4.31 Å². The lowest BCUT2D eigenvalue weighted by atomic mass is 10.2. The number of nitrogens with one attached hydrogen (secondary N) is 2. The predicted octanol–water partition coefficient (Wildman–Crippen LogP) is 0.102. The second-order valence-electron chi connectivity index (χ2n) is 7.28. The van der Waals surface area contributed by atoms with Crippen molar-refractivity contribution in [3.8, 4) is 0 Å². The van der Waals surface area contributed by atoms with E-state index in [0.717, 1.165) is 25.9 Å². The fourth-order valence-corrected chi connectivity index (χ4v) is 5.34. The third-order valence-corrected chi connectivity index (χ3v) is 6.74. The molecular formula is C18H28N3O4S+. The fourth-order valence-electron chi connectivity index (χ4n) is 3.78. The van der Waals surface area contributed by atoms with E-state index in [-0.39, 0.29) is 23.0 Å². The molecular weight excluding hydrogens is 354 g/mol. The monoisotopic (exact) mass is 382 g/mol. The number of anilines is 1. The van der Waals surface area contributed by atoms with Crippen LogP contribution in [0, 0.1) is 0 Å². The minimum absolute atomic E-state index is 0.114. The third-order valence-electron chi connectivity index (χ3n) is 4.85. The number of hydrogen-bond acceptors (Lipinski definition) is 4. The largest absolute Gasteiger partial charge is 0.364 e. The zero-order valence-corrected chi connectivity index (χ0v) is 16.2. The van der Waals surface area contributed by atoms with E-state index < -0.39 is 10.0 Å². The van der Waals surface area contributed by atoms with Gasteiger partial charge < -0.3 is 15.0 Å². The molecule has 0 saturated carbocycles. The van der Waals surface area contributed by atoms with Crippen molar-refractivity contribution in [2.24, 2.45) is 0 Å². The van der Waals surface area contributed by atoms with Crippen LogP contribution in [0.4, 0.5) is 5.69 Å². The molecule has 2 saturated heterocycles. The zero-order valence-electron chi connectivity index (χ0n) is 15.4. The van der Waals surface area contributed by atoms with Crippen molar-refractivity contribution in [3.63, 3.8) is 0 Å². The van der Waals surface area contributed by atoms with Gasteiger partial charge in [-0.25, -0.2) is 8.42 Å². The molecule has 0 radical (unpaired) electrons. The lowest BCUT2D eigenvalue weighted by Crippen LogP contribution is -3.16. The van der Waals surface area contributed by atoms with E-state index in [9.17, 15) is 13.2 Å². The molecule has 2 N–H and O–H groups in total. The number of morpholine rings is 1. The Balaban J connectivity index is 1.64. The first kappa shape index (κ1) is 19.3. The second-order valence-corrected chi connectivity index (χ2v) is 9.22. The third kappa shape index (κ3) is 4.62. The molecule has 2 fully saturated rings. The molecule has 26 heavy (non-hydrogen) atoms. The molecule has 0 aliphatic carbocycles. The molecule has 0 spiro atoms. The standard InChI is InChI=1S/C18H27N3O4S/c1-14-11-20(12-15(2)25-14)13-18(22)19-16-6-5-7-17(10-16)26(23,24)21-8-3-4-9-21/h5-7,10,14-15H,3-4,8-9,11-13H2,1-2H3,(H,19,22)/p+1/t14-,15-/m1/s1. The summed E-state index contributed by atoms with van der Waals surface area (Å²) in [6, 6.07) is 6.52. The van der Waals surface area contributed by atoms with Crippen LogP contribution in [0.3, 0.4) is 0 Å². The highest BCUT2D eigenvalue weighted by Crippen LogP contribution is 2.23. The van der Waals surface area contributed by atoms with E-state index in [4.69, 9.17) is 4.74 Å². The fraction of sp³-hybridized carbons (Fsp3) is 0.611. The molecule has 3 rings (SSSR count). The Labute approximate surface area is 155 Å². The van der Waals surface area contributed by atoms with Gasteiger partial charge in [-0.15, -0.1) is 0 Å². The summed E-state index contributed by atoms with van der Waals surface area (Å²) in [4.78, 5) is 13.8. The maximum atomic E-state index is 12.7. The van der Waals surface area contributed by atoms with Crippen LogP contribution in [-0.4, -0.2) is 63.6 Å². The van der Waals surface area contributed by atoms with Crippen LogP contribution in [-0.2, 0) is 19.6 Å². The average Bonchev–Trinajstić information content (AvgIpc) is 3.09. The molecule has 0 unspecified atom stereocenters. The summed E-state index contributed by atoms with van der Waals surface area (Å²) in [6.45, 7) is 7.09. The summed E-state index contributed by atoms with van der Waals surface area (Å²) in [5.41, 5.74) is 0.518. The van der Waals surface area contributed by atoms with Crippen LogP contribution >= 0.6 is 0 Å². The summed E-state index contributed by atoms with van der Waals surface area (Å²) in [7, 11) is -3.48. The summed E-state index contributed by atoms with van der Waals surface area (Å²) in [5.74, 6) is -0.114. The number of rotatable bonds is 5. The Morgan fingerprint density at radius 1 is 1.23 bits per heavy atom. The highest BCUT2D eigenvalue weighted by atomic mass is 32.2. The smallest absolute Gasteiger partial charge is 0.279 e. The summed E-state index contributed by atoms with van der Waals surface area (Å²) >= 11 is 0. The van der Waals surface area contributed by atoms with E-state index in [1.165, 1.54) is 9.21 Å². The van der Waals surface area contributed by atoms with Crippen LogP contribution in [0.2, 0.25) is 0 Å². The maximum absolute atomic E-state index is 12.7. The Kier molecular flexibility index (Phi) is 5.96. The SMILES string of the molecule is C[C@@H]1C[NH+](CC(=O)Nc2cccc(S(=O)(=O)N3CCCC3)c2)C[C@@H](C)O1. The lowest BCUT2D eigenvalue weighted by molar-refractivity contribution is -0.907. The molecule has 1 aromatic carbocycles. The van der Waals surface area contributed by atoms with Gasteiger partial charge in [0.15, 0.2) is 6.54 Å². The predicted molar refractivity (Wildman–Crippen MR) is 98.6 cm³/mol. The van der Waals surface area contributed by atoms with Gasteiger partial charge in [0.25, 0.3) is 5.91 Å². The minimum atomic E-state index is -3.48. The summed E-state index contributed by atoms with van der Waals surface area (Å²) in [6.07, 6.45) is 2.06. The topological polar surface area (TPSA) is 80.2 Å². The van der Waals surface area contributed by atoms with Gasteiger partial charge in [0.2, 0.25) is 10.0 Å². The summed E-state index contributed by atoms with van der Waals surface area (Å²) in [5, 5.41) is 2.84. The van der Waals surface area contributed by atoms with Crippen LogP contribution in [0.25, 0.3) is 0 Å². The first-order chi connectivity index (χ1) is 12.3. The van der Waals surface area contributed by atoms with Crippen LogP contribution in [0.5, 0.6) is 0 Å². The first-order valence-electron chi connectivity index (χ1n) is 9.23. The Morgan fingerprint density at radius 3 is 2.54 bits per heavy atom. The Morgan fingerprint density at radius 2 is 1.88 bits per heavy atom. The Bertz CT molecular complexity index is 737. The van der Waals surface area contributed by atoms with Crippen molar-refractivity contribution in [2.75, 3.05) is 38.0 Å². The number of carbonyl (C=O) groups is 1. The molecule has 2 atom stereocenters. The van der Waals surface area contributed by atoms with Gasteiger partial charge in [0.1, 0.15) is 25.3 Å². The van der Waals surface area contributed by atoms with Crippen LogP contribution < -0.4 is 10.2 Å². The number of benzene rings is 1. The van der Waals surface area contributed by atoms with E-state index >= 15 is 0 Å². The number of amides is 1. The highest BCUT2D eigenvalue weighted by molar-refractivity contribution is 7.89. The molecule has 144 valence electrons. The van der Waals surface area contributed by atoms with Crippen molar-refractivity contribution in [2.45, 2.75) is 43.8 Å². The number of nitrogens with zero attached hydrogens (tertiary/aromatic N) is 1. The number of ether oxygens (including phenoxy) is 1. The van der Waals surface area contributed by atoms with Gasteiger partial charge in [-0.05, 0) is 44.9 Å². The van der Waals surface area contributed by atoms with Gasteiger partial charge in [0.05, 0.1) is 4.90 Å². The van der Waals surface area contributed by atoms with Gasteiger partial charge in [-0.3, -0.25) is 4.79 Å². The molecule has 2 aliphatic rings. The van der Waals surface area contributed by atoms with E-state index in [2.05, 4.69) is 5.32 Å². The molecule has 1 amide bonds. The summed E-state index contributed by atoms with van der Waals surface area (Å²) < 4.78 is 32.5. The van der Waals surface area contributed by atoms with Crippen molar-refractivity contribution in [1.82, 2.24) is 4.31 Å². The number of carbonyl (C=O) groups excluding carboxylic acids is 1. The number of quaternary nitrogens is 1. The molecule has 0 aromatic heterocycles. The highest BCUT2D eigenvalue weighted by Gasteiger charge is 2.28. The maximum Gasteiger partial charge on any atom is 0.279 e. The van der Waals surface area contributed by atoms with Crippen molar-refractivity contribution in [1.29, 1.82) is 0 Å². The Hall–Kier alpha value is -1.48. The normalized spacial score (nSPS) is 27.4. The van der Waals surface area contributed by atoms with Crippen molar-refractivity contribution >= 4 is 21.6 Å². The molecule has 7 nitrogen and oxygen atoms in total. The molecule has 0 bridgehead atoms. The molecule has 2 heterocycles. The van der Waals surface area contributed by atoms with Crippen molar-refractivity contribution < 1.29 is 22.8 Å². The van der Waals surface area contributed by atoms with Crippen LogP contribution in [0.15, 0.2) is 29.2 Å². The molecule has 2 aliphatic heterocycles. The lowest BCUT2D eigenvalue weighted by Gasteiger charge is -2.31. The van der Waals surface area contributed by atoms with E-state index in [0.29, 0.717) is 25.3 Å². The number of hydrogen-bond donors (Lipinski definition) is 2. The first-order valence-corrected chi connectivity index (χ1v) is 10.7. The van der Waals surface area contributed by atoms with E-state index in [1.807, 2.05) is 13.8 Å². The van der Waals surface area contributed by atoms with Crippen molar-refractivity contribution in [3.05, 3.63) is 24.3 Å².